The van der Waals surface area contributed by atoms with Gasteiger partial charge in [-0.15, -0.1) is 11.3 Å². The Kier molecular flexibility index (Phi) is 2.37. The van der Waals surface area contributed by atoms with Crippen LogP contribution in [0.4, 0.5) is 0 Å². The van der Waals surface area contributed by atoms with E-state index in [4.69, 9.17) is 0 Å². The topological polar surface area (TPSA) is 34.4 Å². The first-order valence-corrected chi connectivity index (χ1v) is 5.56. The van der Waals surface area contributed by atoms with Gasteiger partial charge in [0.15, 0.2) is 11.2 Å². The number of fused-ring (bicyclic) bond motifs is 1. The zero-order valence-electron chi connectivity index (χ0n) is 8.23. The van der Waals surface area contributed by atoms with E-state index in [0.29, 0.717) is 11.6 Å². The minimum absolute atomic E-state index is 0.349. The van der Waals surface area contributed by atoms with Gasteiger partial charge < -0.3 is 0 Å². The van der Waals surface area contributed by atoms with Crippen molar-refractivity contribution in [2.24, 2.45) is 0 Å². The van der Waals surface area contributed by atoms with Crippen molar-refractivity contribution in [2.75, 3.05) is 0 Å². The number of hydrogen-bond donors (Lipinski definition) is 0. The molecule has 0 aromatic carbocycles. The number of carbonyl (C=O) groups excluding carboxylic acids is 1. The molecule has 0 fully saturated rings. The highest BCUT2D eigenvalue weighted by Crippen LogP contribution is 2.24. The van der Waals surface area contributed by atoms with Crippen LogP contribution in [0.2, 0.25) is 0 Å². The molecule has 4 heteroatoms. The lowest BCUT2D eigenvalue weighted by molar-refractivity contribution is 0.111. The predicted molar refractivity (Wildman–Crippen MR) is 57.2 cm³/mol. The smallest absolute Gasteiger partial charge is 0.194 e. The van der Waals surface area contributed by atoms with Gasteiger partial charge in [0.05, 0.1) is 5.69 Å². The van der Waals surface area contributed by atoms with Crippen LogP contribution in [0.15, 0.2) is 11.6 Å². The molecule has 0 radical (unpaired) electrons. The van der Waals surface area contributed by atoms with Gasteiger partial charge >= 0.3 is 0 Å². The van der Waals surface area contributed by atoms with Crippen molar-refractivity contribution >= 4 is 22.6 Å². The van der Waals surface area contributed by atoms with Crippen LogP contribution in [0, 0.1) is 0 Å². The van der Waals surface area contributed by atoms with Crippen molar-refractivity contribution in [2.45, 2.75) is 26.2 Å². The number of imidazole rings is 1. The lowest BCUT2D eigenvalue weighted by Gasteiger charge is -2.04. The number of aromatic nitrogens is 2. The first-order chi connectivity index (χ1) is 6.77. The van der Waals surface area contributed by atoms with Crippen molar-refractivity contribution in [3.63, 3.8) is 0 Å². The fourth-order valence-electron chi connectivity index (χ4n) is 1.49. The van der Waals surface area contributed by atoms with Gasteiger partial charge in [0.2, 0.25) is 0 Å². The van der Waals surface area contributed by atoms with E-state index in [2.05, 4.69) is 18.8 Å². The standard InChI is InChI=1S/C10H12N2OS/c1-3-7(2)9-8(6-13)12-4-5-14-10(12)11-9/h4-7H,3H2,1-2H3. The fraction of sp³-hybridized carbons (Fsp3) is 0.400. The average molecular weight is 208 g/mol. The van der Waals surface area contributed by atoms with E-state index in [1.54, 1.807) is 11.3 Å². The average Bonchev–Trinajstić information content (AvgIpc) is 2.74. The molecule has 0 bridgehead atoms. The number of thiazole rings is 1. The molecule has 0 spiro atoms. The Morgan fingerprint density at radius 1 is 1.71 bits per heavy atom. The second-order valence-electron chi connectivity index (χ2n) is 3.37. The molecule has 1 unspecified atom stereocenters. The summed E-state index contributed by atoms with van der Waals surface area (Å²) in [6.45, 7) is 4.20. The van der Waals surface area contributed by atoms with Crippen molar-refractivity contribution in [3.05, 3.63) is 23.0 Å². The summed E-state index contributed by atoms with van der Waals surface area (Å²) >= 11 is 1.56. The van der Waals surface area contributed by atoms with E-state index in [9.17, 15) is 4.79 Å². The monoisotopic (exact) mass is 208 g/mol. The summed E-state index contributed by atoms with van der Waals surface area (Å²) in [5.74, 6) is 0.349. The number of hydrogen-bond acceptors (Lipinski definition) is 3. The molecular formula is C10H12N2OS. The maximum atomic E-state index is 11.0. The summed E-state index contributed by atoms with van der Waals surface area (Å²) in [5, 5.41) is 1.94. The SMILES string of the molecule is CCC(C)c1nc2sccn2c1C=O. The van der Waals surface area contributed by atoms with Gasteiger partial charge in [-0.3, -0.25) is 9.20 Å². The Morgan fingerprint density at radius 3 is 3.14 bits per heavy atom. The van der Waals surface area contributed by atoms with Crippen LogP contribution in [0.25, 0.3) is 4.96 Å². The molecule has 0 amide bonds. The third-order valence-corrected chi connectivity index (χ3v) is 3.27. The second-order valence-corrected chi connectivity index (χ2v) is 4.24. The molecule has 0 saturated heterocycles. The molecule has 2 aromatic rings. The fourth-order valence-corrected chi connectivity index (χ4v) is 2.22. The number of carbonyl (C=O) groups is 1. The molecule has 1 atom stereocenters. The summed E-state index contributed by atoms with van der Waals surface area (Å²) in [4.78, 5) is 16.3. The lowest BCUT2D eigenvalue weighted by atomic mass is 10.0. The summed E-state index contributed by atoms with van der Waals surface area (Å²) in [5.41, 5.74) is 1.63. The Balaban J connectivity index is 2.63. The molecular weight excluding hydrogens is 196 g/mol. The van der Waals surface area contributed by atoms with E-state index in [0.717, 1.165) is 23.4 Å². The summed E-state index contributed by atoms with van der Waals surface area (Å²) in [6.07, 6.45) is 3.79. The number of rotatable bonds is 3. The molecule has 0 N–H and O–H groups in total. The van der Waals surface area contributed by atoms with Crippen LogP contribution in [-0.4, -0.2) is 15.7 Å². The van der Waals surface area contributed by atoms with Crippen LogP contribution in [0.1, 0.15) is 42.4 Å². The summed E-state index contributed by atoms with van der Waals surface area (Å²) in [7, 11) is 0. The van der Waals surface area contributed by atoms with Crippen molar-refractivity contribution in [1.29, 1.82) is 0 Å². The first kappa shape index (κ1) is 9.40. The predicted octanol–water partition coefficient (Wildman–Crippen LogP) is 2.72. The van der Waals surface area contributed by atoms with Gasteiger partial charge in [0, 0.05) is 17.5 Å². The Labute approximate surface area is 86.4 Å². The zero-order chi connectivity index (χ0) is 10.1. The van der Waals surface area contributed by atoms with Gasteiger partial charge in [0.25, 0.3) is 0 Å². The lowest BCUT2D eigenvalue weighted by Crippen LogP contribution is -1.98. The highest BCUT2D eigenvalue weighted by Gasteiger charge is 2.16. The molecule has 0 aliphatic carbocycles. The third-order valence-electron chi connectivity index (χ3n) is 2.52. The van der Waals surface area contributed by atoms with Gasteiger partial charge in [-0.2, -0.15) is 0 Å². The van der Waals surface area contributed by atoms with Gasteiger partial charge in [-0.05, 0) is 6.42 Å². The third kappa shape index (κ3) is 1.26. The maximum Gasteiger partial charge on any atom is 0.194 e. The highest BCUT2D eigenvalue weighted by atomic mass is 32.1. The first-order valence-electron chi connectivity index (χ1n) is 4.68. The Morgan fingerprint density at radius 2 is 2.50 bits per heavy atom. The molecule has 14 heavy (non-hydrogen) atoms. The maximum absolute atomic E-state index is 11.0. The van der Waals surface area contributed by atoms with Crippen LogP contribution in [-0.2, 0) is 0 Å². The molecule has 2 heterocycles. The molecule has 0 aliphatic heterocycles. The van der Waals surface area contributed by atoms with E-state index in [1.807, 2.05) is 16.0 Å². The van der Waals surface area contributed by atoms with Crippen LogP contribution in [0.3, 0.4) is 0 Å². The largest absolute Gasteiger partial charge is 0.296 e. The van der Waals surface area contributed by atoms with E-state index < -0.39 is 0 Å². The van der Waals surface area contributed by atoms with E-state index >= 15 is 0 Å². The molecule has 2 rings (SSSR count). The molecule has 2 aromatic heterocycles. The molecule has 0 saturated carbocycles. The molecule has 74 valence electrons. The van der Waals surface area contributed by atoms with Gasteiger partial charge in [-0.25, -0.2) is 4.98 Å². The van der Waals surface area contributed by atoms with Gasteiger partial charge in [0.1, 0.15) is 5.69 Å². The van der Waals surface area contributed by atoms with Crippen LogP contribution >= 0.6 is 11.3 Å². The molecule has 3 nitrogen and oxygen atoms in total. The van der Waals surface area contributed by atoms with E-state index in [1.165, 1.54) is 0 Å². The zero-order valence-corrected chi connectivity index (χ0v) is 9.04. The van der Waals surface area contributed by atoms with E-state index in [-0.39, 0.29) is 0 Å². The minimum atomic E-state index is 0.349. The van der Waals surface area contributed by atoms with Crippen LogP contribution < -0.4 is 0 Å². The molecule has 0 aliphatic rings. The summed E-state index contributed by atoms with van der Waals surface area (Å²) in [6, 6.07) is 0. The Hall–Kier alpha value is -1.16. The van der Waals surface area contributed by atoms with Crippen molar-refractivity contribution < 1.29 is 4.79 Å². The van der Waals surface area contributed by atoms with Gasteiger partial charge in [-0.1, -0.05) is 13.8 Å². The van der Waals surface area contributed by atoms with Crippen molar-refractivity contribution in [1.82, 2.24) is 9.38 Å². The second kappa shape index (κ2) is 3.53. The summed E-state index contributed by atoms with van der Waals surface area (Å²) < 4.78 is 1.86. The quantitative estimate of drug-likeness (QED) is 0.727. The van der Waals surface area contributed by atoms with Crippen LogP contribution in [0.5, 0.6) is 0 Å². The Bertz CT molecular complexity index is 458. The number of aldehydes is 1. The number of nitrogens with zero attached hydrogens (tertiary/aromatic N) is 2. The normalized spacial score (nSPS) is 13.3. The minimum Gasteiger partial charge on any atom is -0.296 e. The van der Waals surface area contributed by atoms with Crippen molar-refractivity contribution in [3.8, 4) is 0 Å². The highest BCUT2D eigenvalue weighted by molar-refractivity contribution is 7.15.